The molecule has 1 aliphatic heterocycles. The van der Waals surface area contributed by atoms with E-state index in [0.717, 1.165) is 6.67 Å². The highest BCUT2D eigenvalue weighted by atomic mass is 15.5. The van der Waals surface area contributed by atoms with E-state index in [2.05, 4.69) is 24.1 Å². The van der Waals surface area contributed by atoms with Crippen molar-refractivity contribution in [3.05, 3.63) is 0 Å². The molecule has 48 valence electrons. The Balaban J connectivity index is 2.26. The van der Waals surface area contributed by atoms with E-state index in [1.165, 1.54) is 0 Å². The zero-order chi connectivity index (χ0) is 6.15. The Bertz CT molecular complexity index is 77.0. The predicted molar refractivity (Wildman–Crippen MR) is 33.0 cm³/mol. The first-order valence-corrected chi connectivity index (χ1v) is 2.96. The summed E-state index contributed by atoms with van der Waals surface area (Å²) >= 11 is 0. The van der Waals surface area contributed by atoms with Gasteiger partial charge < -0.3 is 5.73 Å². The number of hydrogen-bond donors (Lipinski definition) is 2. The van der Waals surface area contributed by atoms with Crippen molar-refractivity contribution < 1.29 is 0 Å². The lowest BCUT2D eigenvalue weighted by molar-refractivity contribution is 0.0223. The molecule has 0 amide bonds. The Hall–Kier alpha value is -0.120. The van der Waals surface area contributed by atoms with Crippen molar-refractivity contribution in [2.24, 2.45) is 5.73 Å². The maximum absolute atomic E-state index is 5.54. The average Bonchev–Trinajstić information content (AvgIpc) is 1.61. The van der Waals surface area contributed by atoms with Crippen LogP contribution >= 0.6 is 0 Å². The first-order valence-electron chi connectivity index (χ1n) is 2.96. The van der Waals surface area contributed by atoms with Crippen molar-refractivity contribution in [3.8, 4) is 0 Å². The molecule has 1 saturated heterocycles. The number of rotatable bonds is 1. The summed E-state index contributed by atoms with van der Waals surface area (Å²) in [6.45, 7) is 5.22. The molecule has 3 heteroatoms. The molecular weight excluding hydrogens is 102 g/mol. The molecule has 1 fully saturated rings. The van der Waals surface area contributed by atoms with Crippen LogP contribution in [0.1, 0.15) is 13.8 Å². The summed E-state index contributed by atoms with van der Waals surface area (Å²) in [6.07, 6.45) is 0.106. The number of nitrogens with two attached hydrogens (primary N) is 1. The van der Waals surface area contributed by atoms with Gasteiger partial charge in [0.15, 0.2) is 0 Å². The first kappa shape index (κ1) is 6.01. The molecule has 0 aromatic heterocycles. The Morgan fingerprint density at radius 3 is 2.38 bits per heavy atom. The summed E-state index contributed by atoms with van der Waals surface area (Å²) in [5.74, 6) is 0. The van der Waals surface area contributed by atoms with Crippen LogP contribution in [0.3, 0.4) is 0 Å². The summed E-state index contributed by atoms with van der Waals surface area (Å²) in [7, 11) is 0. The van der Waals surface area contributed by atoms with E-state index in [9.17, 15) is 0 Å². The summed E-state index contributed by atoms with van der Waals surface area (Å²) in [5.41, 5.74) is 5.54. The van der Waals surface area contributed by atoms with Crippen molar-refractivity contribution in [3.63, 3.8) is 0 Å². The van der Waals surface area contributed by atoms with E-state index in [-0.39, 0.29) is 6.29 Å². The minimum absolute atomic E-state index is 0.106. The molecule has 1 unspecified atom stereocenters. The Morgan fingerprint density at radius 1 is 1.75 bits per heavy atom. The maximum Gasteiger partial charge on any atom is 0.114 e. The highest BCUT2D eigenvalue weighted by Gasteiger charge is 2.24. The summed E-state index contributed by atoms with van der Waals surface area (Å²) in [4.78, 5) is 2.18. The molecule has 0 saturated carbocycles. The van der Waals surface area contributed by atoms with Gasteiger partial charge in [-0.3, -0.25) is 10.2 Å². The van der Waals surface area contributed by atoms with Gasteiger partial charge in [-0.2, -0.15) is 0 Å². The summed E-state index contributed by atoms with van der Waals surface area (Å²) < 4.78 is 0. The number of nitrogens with one attached hydrogen (secondary N) is 1. The lowest BCUT2D eigenvalue weighted by atomic mass is 10.3. The second kappa shape index (κ2) is 2.01. The molecule has 1 heterocycles. The second-order valence-electron chi connectivity index (χ2n) is 2.42. The molecule has 8 heavy (non-hydrogen) atoms. The lowest BCUT2D eigenvalue weighted by Gasteiger charge is -2.42. The van der Waals surface area contributed by atoms with Crippen molar-refractivity contribution in [1.29, 1.82) is 0 Å². The third kappa shape index (κ3) is 0.844. The Kier molecular flexibility index (Phi) is 1.51. The average molecular weight is 115 g/mol. The normalized spacial score (nSPS) is 30.8. The molecule has 1 aliphatic rings. The highest BCUT2D eigenvalue weighted by Crippen LogP contribution is 2.04. The van der Waals surface area contributed by atoms with Crippen LogP contribution in [-0.2, 0) is 0 Å². The molecule has 0 spiro atoms. The predicted octanol–water partition coefficient (Wildman–Crippen LogP) is -0.500. The summed E-state index contributed by atoms with van der Waals surface area (Å²) in [6, 6.07) is 0.575. The highest BCUT2D eigenvalue weighted by molar-refractivity contribution is 4.74. The van der Waals surface area contributed by atoms with Crippen molar-refractivity contribution in [2.45, 2.75) is 26.2 Å². The molecule has 0 aromatic carbocycles. The van der Waals surface area contributed by atoms with Gasteiger partial charge in [0.05, 0.1) is 6.67 Å². The SMILES string of the molecule is CC(C)N1CNC1N. The largest absolute Gasteiger partial charge is 0.303 e. The Labute approximate surface area is 49.8 Å². The molecular formula is C5H13N3. The van der Waals surface area contributed by atoms with Crippen molar-refractivity contribution >= 4 is 0 Å². The van der Waals surface area contributed by atoms with Gasteiger partial charge in [-0.15, -0.1) is 0 Å². The van der Waals surface area contributed by atoms with Gasteiger partial charge in [0, 0.05) is 6.04 Å². The van der Waals surface area contributed by atoms with Gasteiger partial charge in [0.1, 0.15) is 6.29 Å². The van der Waals surface area contributed by atoms with Gasteiger partial charge in [0.2, 0.25) is 0 Å². The third-order valence-corrected chi connectivity index (χ3v) is 1.50. The first-order chi connectivity index (χ1) is 3.72. The zero-order valence-corrected chi connectivity index (χ0v) is 5.39. The quantitative estimate of drug-likeness (QED) is 0.484. The molecule has 3 N–H and O–H groups in total. The topological polar surface area (TPSA) is 41.3 Å². The lowest BCUT2D eigenvalue weighted by Crippen LogP contribution is -2.68. The van der Waals surface area contributed by atoms with Gasteiger partial charge in [-0.1, -0.05) is 0 Å². The van der Waals surface area contributed by atoms with E-state index in [1.807, 2.05) is 0 Å². The smallest absolute Gasteiger partial charge is 0.114 e. The summed E-state index contributed by atoms with van der Waals surface area (Å²) in [5, 5.41) is 3.04. The van der Waals surface area contributed by atoms with Crippen molar-refractivity contribution in [2.75, 3.05) is 6.67 Å². The van der Waals surface area contributed by atoms with Crippen LogP contribution in [0.5, 0.6) is 0 Å². The molecule has 3 nitrogen and oxygen atoms in total. The second-order valence-corrected chi connectivity index (χ2v) is 2.42. The minimum Gasteiger partial charge on any atom is -0.303 e. The fraction of sp³-hybridized carbons (Fsp3) is 1.00. The monoisotopic (exact) mass is 115 g/mol. The van der Waals surface area contributed by atoms with Gasteiger partial charge in [-0.25, -0.2) is 0 Å². The zero-order valence-electron chi connectivity index (χ0n) is 5.39. The third-order valence-electron chi connectivity index (χ3n) is 1.50. The van der Waals surface area contributed by atoms with Crippen LogP contribution < -0.4 is 11.1 Å². The van der Waals surface area contributed by atoms with Crippen LogP contribution in [0.4, 0.5) is 0 Å². The fourth-order valence-electron chi connectivity index (χ4n) is 0.806. The standard InChI is InChI=1S/C5H13N3/c1-4(2)8-3-7-5(8)6/h4-5,7H,3,6H2,1-2H3. The molecule has 0 radical (unpaired) electrons. The van der Waals surface area contributed by atoms with Crippen LogP contribution in [-0.4, -0.2) is 23.9 Å². The van der Waals surface area contributed by atoms with Crippen LogP contribution in [0.2, 0.25) is 0 Å². The molecule has 1 atom stereocenters. The van der Waals surface area contributed by atoms with Crippen LogP contribution in [0.25, 0.3) is 0 Å². The van der Waals surface area contributed by atoms with Gasteiger partial charge in [0.25, 0.3) is 0 Å². The molecule has 1 rings (SSSR count). The van der Waals surface area contributed by atoms with Gasteiger partial charge in [-0.05, 0) is 13.8 Å². The van der Waals surface area contributed by atoms with Crippen molar-refractivity contribution in [1.82, 2.24) is 10.2 Å². The Morgan fingerprint density at radius 2 is 2.38 bits per heavy atom. The fourth-order valence-corrected chi connectivity index (χ4v) is 0.806. The van der Waals surface area contributed by atoms with Crippen LogP contribution in [0, 0.1) is 0 Å². The maximum atomic E-state index is 5.54. The number of nitrogens with zero attached hydrogens (tertiary/aromatic N) is 1. The molecule has 0 aromatic rings. The molecule has 0 bridgehead atoms. The molecule has 0 aliphatic carbocycles. The van der Waals surface area contributed by atoms with E-state index in [4.69, 9.17) is 5.73 Å². The van der Waals surface area contributed by atoms with Crippen LogP contribution in [0.15, 0.2) is 0 Å². The van der Waals surface area contributed by atoms with E-state index in [1.54, 1.807) is 0 Å². The van der Waals surface area contributed by atoms with Gasteiger partial charge >= 0.3 is 0 Å². The number of hydrogen-bond acceptors (Lipinski definition) is 3. The minimum atomic E-state index is 0.106. The van der Waals surface area contributed by atoms with E-state index >= 15 is 0 Å². The van der Waals surface area contributed by atoms with E-state index < -0.39 is 0 Å². The van der Waals surface area contributed by atoms with E-state index in [0.29, 0.717) is 6.04 Å².